The zero-order valence-corrected chi connectivity index (χ0v) is 16.2. The van der Waals surface area contributed by atoms with Crippen LogP contribution in [0.5, 0.6) is 0 Å². The summed E-state index contributed by atoms with van der Waals surface area (Å²) in [5, 5.41) is 10.0. The molecule has 0 aliphatic rings. The summed E-state index contributed by atoms with van der Waals surface area (Å²) in [7, 11) is 0. The predicted molar refractivity (Wildman–Crippen MR) is 110 cm³/mol. The monoisotopic (exact) mass is 379 g/mol. The fourth-order valence-corrected chi connectivity index (χ4v) is 3.34. The number of rotatable bonds is 7. The molecule has 2 N–H and O–H groups in total. The van der Waals surface area contributed by atoms with Gasteiger partial charge in [0.05, 0.1) is 6.54 Å². The van der Waals surface area contributed by atoms with Gasteiger partial charge in [0, 0.05) is 23.7 Å². The summed E-state index contributed by atoms with van der Waals surface area (Å²) >= 11 is 0. The van der Waals surface area contributed by atoms with Gasteiger partial charge in [-0.2, -0.15) is 0 Å². The minimum Gasteiger partial charge on any atom is -0.311 e. The second-order valence-electron chi connectivity index (χ2n) is 6.77. The van der Waals surface area contributed by atoms with Crippen molar-refractivity contribution >= 4 is 16.7 Å². The minimum atomic E-state index is -0.638. The number of nitrogens with zero attached hydrogens (tertiary/aromatic N) is 2. The van der Waals surface area contributed by atoms with E-state index in [0.29, 0.717) is 11.9 Å². The van der Waals surface area contributed by atoms with Crippen molar-refractivity contribution in [1.82, 2.24) is 14.9 Å². The quantitative estimate of drug-likeness (QED) is 0.489. The number of carbonyl (C=O) groups is 1. The normalized spacial score (nSPS) is 11.1. The minimum absolute atomic E-state index is 0.167. The third-order valence-corrected chi connectivity index (χ3v) is 4.99. The van der Waals surface area contributed by atoms with Crippen LogP contribution in [0.2, 0.25) is 0 Å². The molecule has 0 fully saturated rings. The number of hydrogen-bond donors (Lipinski definition) is 2. The van der Waals surface area contributed by atoms with Crippen LogP contribution in [-0.2, 0) is 13.1 Å². The van der Waals surface area contributed by atoms with Gasteiger partial charge in [-0.15, -0.1) is 0 Å². The van der Waals surface area contributed by atoms with Gasteiger partial charge in [0.1, 0.15) is 0 Å². The lowest BCUT2D eigenvalue weighted by Gasteiger charge is -2.18. The van der Waals surface area contributed by atoms with Gasteiger partial charge in [-0.1, -0.05) is 44.2 Å². The Kier molecular flexibility index (Phi) is 6.23. The van der Waals surface area contributed by atoms with E-state index in [-0.39, 0.29) is 11.1 Å². The Morgan fingerprint density at radius 1 is 1.07 bits per heavy atom. The molecule has 3 rings (SSSR count). The number of aromatic nitrogens is 1. The average molecular weight is 379 g/mol. The van der Waals surface area contributed by atoms with Gasteiger partial charge in [-0.25, -0.2) is 5.48 Å². The number of hydrogen-bond acceptors (Lipinski definition) is 4. The Balaban J connectivity index is 1.91. The lowest BCUT2D eigenvalue weighted by atomic mass is 10.1. The second kappa shape index (κ2) is 8.82. The zero-order valence-electron chi connectivity index (χ0n) is 16.2. The van der Waals surface area contributed by atoms with Gasteiger partial charge >= 0.3 is 0 Å². The van der Waals surface area contributed by atoms with E-state index in [0.717, 1.165) is 30.6 Å². The van der Waals surface area contributed by atoms with Gasteiger partial charge in [0.15, 0.2) is 0 Å². The van der Waals surface area contributed by atoms with Crippen LogP contribution in [0.15, 0.2) is 59.5 Å². The molecule has 0 bridgehead atoms. The summed E-state index contributed by atoms with van der Waals surface area (Å²) in [4.78, 5) is 26.9. The molecule has 0 saturated carbocycles. The standard InChI is InChI=1S/C22H25N3O3/c1-3-24(4-2)14-16-6-5-7-17(12-16)15-25-11-10-18-8-9-19(21(26)23-28)13-20(18)22(25)27/h5-13,28H,3-4,14-15H2,1-2H3,(H,23,26). The second-order valence-corrected chi connectivity index (χ2v) is 6.77. The Labute approximate surface area is 164 Å². The molecule has 3 aromatic rings. The number of nitrogens with one attached hydrogen (secondary N) is 1. The van der Waals surface area contributed by atoms with Crippen LogP contribution in [0.3, 0.4) is 0 Å². The van der Waals surface area contributed by atoms with Crippen LogP contribution in [0, 0.1) is 0 Å². The third kappa shape index (κ3) is 4.30. The van der Waals surface area contributed by atoms with E-state index < -0.39 is 5.91 Å². The molecular weight excluding hydrogens is 354 g/mol. The van der Waals surface area contributed by atoms with Gasteiger partial charge in [-0.3, -0.25) is 19.7 Å². The van der Waals surface area contributed by atoms with Crippen molar-refractivity contribution in [3.63, 3.8) is 0 Å². The Morgan fingerprint density at radius 2 is 1.82 bits per heavy atom. The Bertz CT molecular complexity index is 1040. The molecule has 1 heterocycles. The maximum atomic E-state index is 12.9. The van der Waals surface area contributed by atoms with Crippen molar-refractivity contribution < 1.29 is 10.0 Å². The van der Waals surface area contributed by atoms with E-state index in [1.54, 1.807) is 28.4 Å². The summed E-state index contributed by atoms with van der Waals surface area (Å²) in [6.07, 6.45) is 1.77. The molecule has 0 aliphatic heterocycles. The summed E-state index contributed by atoms with van der Waals surface area (Å²) in [5.41, 5.74) is 3.94. The highest BCUT2D eigenvalue weighted by Crippen LogP contribution is 2.14. The van der Waals surface area contributed by atoms with E-state index in [1.807, 2.05) is 18.2 Å². The maximum absolute atomic E-state index is 12.9. The molecule has 146 valence electrons. The Morgan fingerprint density at radius 3 is 2.54 bits per heavy atom. The van der Waals surface area contributed by atoms with Crippen LogP contribution in [0.4, 0.5) is 0 Å². The number of amides is 1. The largest absolute Gasteiger partial charge is 0.311 e. The lowest BCUT2D eigenvalue weighted by Crippen LogP contribution is -2.23. The SMILES string of the molecule is CCN(CC)Cc1cccc(Cn2ccc3ccc(C(=O)NO)cc3c2=O)c1. The van der Waals surface area contributed by atoms with Crippen molar-refractivity contribution in [1.29, 1.82) is 0 Å². The van der Waals surface area contributed by atoms with Crippen LogP contribution in [-0.4, -0.2) is 33.7 Å². The first kappa shape index (κ1) is 19.8. The zero-order chi connectivity index (χ0) is 20.1. The number of benzene rings is 2. The molecule has 0 radical (unpaired) electrons. The number of hydroxylamine groups is 1. The number of carbonyl (C=O) groups excluding carboxylic acids is 1. The first-order valence-corrected chi connectivity index (χ1v) is 9.43. The fourth-order valence-electron chi connectivity index (χ4n) is 3.34. The topological polar surface area (TPSA) is 74.6 Å². The first-order chi connectivity index (χ1) is 13.5. The average Bonchev–Trinajstić information content (AvgIpc) is 2.73. The van der Waals surface area contributed by atoms with Crippen LogP contribution in [0.25, 0.3) is 10.8 Å². The van der Waals surface area contributed by atoms with Crippen molar-refractivity contribution in [3.05, 3.63) is 81.8 Å². The van der Waals surface area contributed by atoms with Gasteiger partial charge in [0.2, 0.25) is 0 Å². The predicted octanol–water partition coefficient (Wildman–Crippen LogP) is 3.01. The summed E-state index contributed by atoms with van der Waals surface area (Å²) in [5.74, 6) is -0.638. The van der Waals surface area contributed by atoms with E-state index in [9.17, 15) is 9.59 Å². The summed E-state index contributed by atoms with van der Waals surface area (Å²) in [6, 6.07) is 14.9. The van der Waals surface area contributed by atoms with E-state index in [1.165, 1.54) is 11.6 Å². The Hall–Kier alpha value is -2.96. The van der Waals surface area contributed by atoms with Crippen molar-refractivity contribution in [2.75, 3.05) is 13.1 Å². The maximum Gasteiger partial charge on any atom is 0.274 e. The molecule has 0 spiro atoms. The van der Waals surface area contributed by atoms with Crippen LogP contribution >= 0.6 is 0 Å². The van der Waals surface area contributed by atoms with Crippen molar-refractivity contribution in [3.8, 4) is 0 Å². The van der Waals surface area contributed by atoms with Gasteiger partial charge < -0.3 is 4.57 Å². The molecule has 0 aliphatic carbocycles. The van der Waals surface area contributed by atoms with E-state index in [2.05, 4.69) is 30.9 Å². The molecule has 6 nitrogen and oxygen atoms in total. The van der Waals surface area contributed by atoms with Crippen molar-refractivity contribution in [2.45, 2.75) is 26.9 Å². The van der Waals surface area contributed by atoms with E-state index >= 15 is 0 Å². The molecule has 2 aromatic carbocycles. The molecule has 0 unspecified atom stereocenters. The van der Waals surface area contributed by atoms with Gasteiger partial charge in [0.25, 0.3) is 11.5 Å². The first-order valence-electron chi connectivity index (χ1n) is 9.43. The number of pyridine rings is 1. The molecule has 0 atom stereocenters. The molecule has 28 heavy (non-hydrogen) atoms. The molecular formula is C22H25N3O3. The fraction of sp³-hybridized carbons (Fsp3) is 0.273. The molecule has 1 aromatic heterocycles. The van der Waals surface area contributed by atoms with Crippen LogP contribution < -0.4 is 11.0 Å². The smallest absolute Gasteiger partial charge is 0.274 e. The number of fused-ring (bicyclic) bond motifs is 1. The lowest BCUT2D eigenvalue weighted by molar-refractivity contribution is 0.0706. The highest BCUT2D eigenvalue weighted by Gasteiger charge is 2.09. The molecule has 0 saturated heterocycles. The van der Waals surface area contributed by atoms with Crippen LogP contribution in [0.1, 0.15) is 35.3 Å². The summed E-state index contributed by atoms with van der Waals surface area (Å²) < 4.78 is 1.64. The molecule has 1 amide bonds. The highest BCUT2D eigenvalue weighted by atomic mass is 16.5. The summed E-state index contributed by atoms with van der Waals surface area (Å²) in [6.45, 7) is 7.62. The third-order valence-electron chi connectivity index (χ3n) is 4.99. The highest BCUT2D eigenvalue weighted by molar-refractivity contribution is 5.97. The van der Waals surface area contributed by atoms with Crippen molar-refractivity contribution in [2.24, 2.45) is 0 Å². The van der Waals surface area contributed by atoms with Gasteiger partial charge in [-0.05, 0) is 47.8 Å². The molecule has 6 heteroatoms. The van der Waals surface area contributed by atoms with E-state index in [4.69, 9.17) is 5.21 Å².